The Bertz CT molecular complexity index is 679. The van der Waals surface area contributed by atoms with Crippen molar-refractivity contribution in [2.24, 2.45) is 0 Å². The van der Waals surface area contributed by atoms with Gasteiger partial charge in [-0.1, -0.05) is 6.92 Å². The minimum atomic E-state index is 0.432. The predicted molar refractivity (Wildman–Crippen MR) is 97.6 cm³/mol. The number of nitrogens with zero attached hydrogens (tertiary/aromatic N) is 2. The largest absolute Gasteiger partial charge is 0.497 e. The maximum absolute atomic E-state index is 5.23. The standard InChI is InChI=1S/C19H26N4O/c1-4-17-13(2)21-18(14-7-9-16(24-3)10-8-14)23-19(17)22-15-6-5-11-20-12-15/h7-10,15,20H,4-6,11-12H2,1-3H3,(H,21,22,23). The normalized spacial score (nSPS) is 17.5. The van der Waals surface area contributed by atoms with E-state index in [4.69, 9.17) is 14.7 Å². The van der Waals surface area contributed by atoms with Crippen molar-refractivity contribution < 1.29 is 4.74 Å². The van der Waals surface area contributed by atoms with Gasteiger partial charge < -0.3 is 15.4 Å². The van der Waals surface area contributed by atoms with Crippen molar-refractivity contribution in [1.82, 2.24) is 15.3 Å². The van der Waals surface area contributed by atoms with E-state index in [0.29, 0.717) is 6.04 Å². The molecule has 0 amide bonds. The van der Waals surface area contributed by atoms with Crippen LogP contribution in [0.15, 0.2) is 24.3 Å². The van der Waals surface area contributed by atoms with Crippen LogP contribution in [0.5, 0.6) is 5.75 Å². The van der Waals surface area contributed by atoms with Gasteiger partial charge in [-0.25, -0.2) is 9.97 Å². The van der Waals surface area contributed by atoms with E-state index in [0.717, 1.165) is 48.2 Å². The molecule has 0 bridgehead atoms. The molecule has 0 aliphatic carbocycles. The molecule has 128 valence electrons. The molecule has 0 spiro atoms. The monoisotopic (exact) mass is 326 g/mol. The minimum Gasteiger partial charge on any atom is -0.497 e. The highest BCUT2D eigenvalue weighted by atomic mass is 16.5. The number of ether oxygens (including phenoxy) is 1. The Kier molecular flexibility index (Phi) is 5.30. The zero-order valence-corrected chi connectivity index (χ0v) is 14.7. The summed E-state index contributed by atoms with van der Waals surface area (Å²) in [4.78, 5) is 9.55. The van der Waals surface area contributed by atoms with Crippen LogP contribution in [0.4, 0.5) is 5.82 Å². The maximum atomic E-state index is 5.23. The molecule has 1 aromatic heterocycles. The summed E-state index contributed by atoms with van der Waals surface area (Å²) in [7, 11) is 1.67. The van der Waals surface area contributed by atoms with Gasteiger partial charge in [0.05, 0.1) is 7.11 Å². The third-order valence-corrected chi connectivity index (χ3v) is 4.55. The second kappa shape index (κ2) is 7.62. The quantitative estimate of drug-likeness (QED) is 0.884. The Balaban J connectivity index is 1.92. The van der Waals surface area contributed by atoms with Crippen LogP contribution in [0.3, 0.4) is 0 Å². The lowest BCUT2D eigenvalue weighted by Gasteiger charge is -2.26. The highest BCUT2D eigenvalue weighted by molar-refractivity contribution is 5.61. The molecule has 1 fully saturated rings. The van der Waals surface area contributed by atoms with Crippen LogP contribution in [0.25, 0.3) is 11.4 Å². The Morgan fingerprint density at radius 1 is 1.25 bits per heavy atom. The SMILES string of the molecule is CCc1c(C)nc(-c2ccc(OC)cc2)nc1NC1CCCNC1. The van der Waals surface area contributed by atoms with E-state index < -0.39 is 0 Å². The fourth-order valence-electron chi connectivity index (χ4n) is 3.18. The number of benzene rings is 1. The number of aryl methyl sites for hydroxylation is 1. The molecule has 1 aliphatic rings. The highest BCUT2D eigenvalue weighted by Crippen LogP contribution is 2.25. The van der Waals surface area contributed by atoms with Crippen molar-refractivity contribution in [2.75, 3.05) is 25.5 Å². The average molecular weight is 326 g/mol. The molecular weight excluding hydrogens is 300 g/mol. The van der Waals surface area contributed by atoms with Crippen LogP contribution in [-0.4, -0.2) is 36.2 Å². The summed E-state index contributed by atoms with van der Waals surface area (Å²) < 4.78 is 5.23. The first-order valence-electron chi connectivity index (χ1n) is 8.70. The summed E-state index contributed by atoms with van der Waals surface area (Å²) in [5.74, 6) is 2.58. The lowest BCUT2D eigenvalue weighted by atomic mass is 10.1. The lowest BCUT2D eigenvalue weighted by Crippen LogP contribution is -2.39. The van der Waals surface area contributed by atoms with Crippen molar-refractivity contribution in [2.45, 2.75) is 39.2 Å². The van der Waals surface area contributed by atoms with Crippen molar-refractivity contribution in [3.8, 4) is 17.1 Å². The zero-order valence-electron chi connectivity index (χ0n) is 14.7. The van der Waals surface area contributed by atoms with Crippen LogP contribution < -0.4 is 15.4 Å². The highest BCUT2D eigenvalue weighted by Gasteiger charge is 2.17. The average Bonchev–Trinajstić information content (AvgIpc) is 2.62. The summed E-state index contributed by atoms with van der Waals surface area (Å²) in [5, 5.41) is 7.08. The Labute approximate surface area is 143 Å². The third-order valence-electron chi connectivity index (χ3n) is 4.55. The molecule has 24 heavy (non-hydrogen) atoms. The zero-order chi connectivity index (χ0) is 16.9. The number of methoxy groups -OCH3 is 1. The Morgan fingerprint density at radius 2 is 2.04 bits per heavy atom. The van der Waals surface area contributed by atoms with Gasteiger partial charge in [-0.3, -0.25) is 0 Å². The minimum absolute atomic E-state index is 0.432. The number of hydrogen-bond acceptors (Lipinski definition) is 5. The Morgan fingerprint density at radius 3 is 2.67 bits per heavy atom. The summed E-state index contributed by atoms with van der Waals surface area (Å²) in [5.41, 5.74) is 3.26. The van der Waals surface area contributed by atoms with Crippen molar-refractivity contribution in [3.05, 3.63) is 35.5 Å². The van der Waals surface area contributed by atoms with Crippen LogP contribution in [0, 0.1) is 6.92 Å². The number of piperidine rings is 1. The van der Waals surface area contributed by atoms with Gasteiger partial charge in [0.2, 0.25) is 0 Å². The molecule has 1 saturated heterocycles. The van der Waals surface area contributed by atoms with Gasteiger partial charge in [0, 0.05) is 29.4 Å². The van der Waals surface area contributed by atoms with Crippen molar-refractivity contribution in [1.29, 1.82) is 0 Å². The summed E-state index contributed by atoms with van der Waals surface area (Å²) in [6, 6.07) is 8.33. The molecule has 2 aromatic rings. The van der Waals surface area contributed by atoms with Crippen LogP contribution >= 0.6 is 0 Å². The maximum Gasteiger partial charge on any atom is 0.161 e. The van der Waals surface area contributed by atoms with Gasteiger partial charge in [-0.05, 0) is 57.0 Å². The van der Waals surface area contributed by atoms with E-state index in [2.05, 4.69) is 24.5 Å². The molecule has 0 saturated carbocycles. The summed E-state index contributed by atoms with van der Waals surface area (Å²) in [6.07, 6.45) is 3.31. The molecular formula is C19H26N4O. The molecule has 1 aliphatic heterocycles. The van der Waals surface area contributed by atoms with Crippen molar-refractivity contribution in [3.63, 3.8) is 0 Å². The molecule has 5 nitrogen and oxygen atoms in total. The van der Waals surface area contributed by atoms with E-state index in [9.17, 15) is 0 Å². The van der Waals surface area contributed by atoms with E-state index in [1.54, 1.807) is 7.11 Å². The van der Waals surface area contributed by atoms with Crippen molar-refractivity contribution >= 4 is 5.82 Å². The summed E-state index contributed by atoms with van der Waals surface area (Å²) in [6.45, 7) is 6.32. The van der Waals surface area contributed by atoms with Gasteiger partial charge >= 0.3 is 0 Å². The van der Waals surface area contributed by atoms with Crippen LogP contribution in [-0.2, 0) is 6.42 Å². The molecule has 1 unspecified atom stereocenters. The van der Waals surface area contributed by atoms with Gasteiger partial charge in [-0.15, -0.1) is 0 Å². The number of aromatic nitrogens is 2. The fraction of sp³-hybridized carbons (Fsp3) is 0.474. The van der Waals surface area contributed by atoms with Gasteiger partial charge in [0.1, 0.15) is 11.6 Å². The molecule has 2 heterocycles. The smallest absolute Gasteiger partial charge is 0.161 e. The number of nitrogens with one attached hydrogen (secondary N) is 2. The van der Waals surface area contributed by atoms with E-state index >= 15 is 0 Å². The Hall–Kier alpha value is -2.14. The third kappa shape index (κ3) is 3.67. The van der Waals surface area contributed by atoms with Gasteiger partial charge in [0.25, 0.3) is 0 Å². The second-order valence-electron chi connectivity index (χ2n) is 6.23. The van der Waals surface area contributed by atoms with E-state index in [-0.39, 0.29) is 0 Å². The molecule has 1 aromatic carbocycles. The number of anilines is 1. The molecule has 0 radical (unpaired) electrons. The van der Waals surface area contributed by atoms with Gasteiger partial charge in [0.15, 0.2) is 5.82 Å². The summed E-state index contributed by atoms with van der Waals surface area (Å²) >= 11 is 0. The fourth-order valence-corrected chi connectivity index (χ4v) is 3.18. The topological polar surface area (TPSA) is 59.1 Å². The first-order chi connectivity index (χ1) is 11.7. The molecule has 3 rings (SSSR count). The first kappa shape index (κ1) is 16.7. The molecule has 5 heteroatoms. The number of hydrogen-bond donors (Lipinski definition) is 2. The molecule has 2 N–H and O–H groups in total. The van der Waals surface area contributed by atoms with Crippen LogP contribution in [0.2, 0.25) is 0 Å². The molecule has 1 atom stereocenters. The van der Waals surface area contributed by atoms with E-state index in [1.165, 1.54) is 18.4 Å². The number of rotatable bonds is 5. The first-order valence-corrected chi connectivity index (χ1v) is 8.70. The lowest BCUT2D eigenvalue weighted by molar-refractivity contribution is 0.415. The second-order valence-corrected chi connectivity index (χ2v) is 6.23. The van der Waals surface area contributed by atoms with Gasteiger partial charge in [-0.2, -0.15) is 0 Å². The van der Waals surface area contributed by atoms with Crippen LogP contribution in [0.1, 0.15) is 31.0 Å². The van der Waals surface area contributed by atoms with E-state index in [1.807, 2.05) is 24.3 Å². The predicted octanol–water partition coefficient (Wildman–Crippen LogP) is 3.19.